The summed E-state index contributed by atoms with van der Waals surface area (Å²) in [7, 11) is -9.91. The Balaban J connectivity index is 5.18. The van der Waals surface area contributed by atoms with Gasteiger partial charge >= 0.3 is 39.5 Å². The van der Waals surface area contributed by atoms with Crippen LogP contribution >= 0.6 is 15.6 Å². The lowest BCUT2D eigenvalue weighted by atomic mass is 9.99. The van der Waals surface area contributed by atoms with Gasteiger partial charge in [-0.2, -0.15) is 0 Å². The van der Waals surface area contributed by atoms with E-state index in [1.54, 1.807) is 0 Å². The molecule has 0 aromatic heterocycles. The SMILES string of the molecule is CCCCCCCCCCCCCCCCC(=O)OC[C@H](COP(=O)(O)OC[C@@H](O)COP(=O)(O)OC[C@@H](COC(=O)CCCCCCCCCCCC)OC(=O)CCCCCCCCCCCCC)OC(=O)CCCCCCCCCCCCCCCCCCCCC(C)CC. The van der Waals surface area contributed by atoms with E-state index in [2.05, 4.69) is 34.6 Å². The van der Waals surface area contributed by atoms with Crippen molar-refractivity contribution >= 4 is 39.5 Å². The topological polar surface area (TPSA) is 237 Å². The highest BCUT2D eigenvalue weighted by Crippen LogP contribution is 2.45. The van der Waals surface area contributed by atoms with Crippen molar-refractivity contribution in [2.45, 2.75) is 432 Å². The van der Waals surface area contributed by atoms with E-state index in [0.29, 0.717) is 25.7 Å². The molecule has 6 atom stereocenters. The predicted octanol–water partition coefficient (Wildman–Crippen LogP) is 23.3. The second-order valence-electron chi connectivity index (χ2n) is 28.3. The molecule has 0 aliphatic carbocycles. The molecule has 0 aromatic rings. The average molecular weight is 1420 g/mol. The number of esters is 4. The van der Waals surface area contributed by atoms with Crippen LogP contribution in [0.2, 0.25) is 0 Å². The first-order valence-corrected chi connectivity index (χ1v) is 43.7. The fraction of sp³-hybridized carbons (Fsp3) is 0.949. The van der Waals surface area contributed by atoms with E-state index in [0.717, 1.165) is 95.8 Å². The summed E-state index contributed by atoms with van der Waals surface area (Å²) in [6.45, 7) is 7.36. The first-order valence-electron chi connectivity index (χ1n) is 40.7. The van der Waals surface area contributed by atoms with Crippen molar-refractivity contribution in [2.75, 3.05) is 39.6 Å². The van der Waals surface area contributed by atoms with E-state index in [9.17, 15) is 43.2 Å². The van der Waals surface area contributed by atoms with Crippen molar-refractivity contribution in [3.8, 4) is 0 Å². The average Bonchev–Trinajstić information content (AvgIpc) is 1.32. The third kappa shape index (κ3) is 70.9. The lowest BCUT2D eigenvalue weighted by molar-refractivity contribution is -0.161. The van der Waals surface area contributed by atoms with Gasteiger partial charge in [-0.05, 0) is 31.6 Å². The van der Waals surface area contributed by atoms with Crippen LogP contribution in [-0.4, -0.2) is 96.7 Å². The number of aliphatic hydroxyl groups is 1. The molecule has 0 bridgehead atoms. The zero-order chi connectivity index (χ0) is 71.2. The molecule has 3 N–H and O–H groups in total. The number of unbranched alkanes of at least 4 members (excludes halogenated alkanes) is 49. The van der Waals surface area contributed by atoms with Gasteiger partial charge in [0.05, 0.1) is 26.4 Å². The Hall–Kier alpha value is -1.94. The van der Waals surface area contributed by atoms with Crippen LogP contribution in [0.15, 0.2) is 0 Å². The smallest absolute Gasteiger partial charge is 0.462 e. The van der Waals surface area contributed by atoms with Crippen LogP contribution in [0.1, 0.15) is 413 Å². The second-order valence-corrected chi connectivity index (χ2v) is 31.3. The molecular formula is C78H152O17P2. The number of phosphoric acid groups is 2. The molecule has 17 nitrogen and oxygen atoms in total. The maximum absolute atomic E-state index is 13.1. The van der Waals surface area contributed by atoms with Crippen LogP contribution in [-0.2, 0) is 65.4 Å². The number of carbonyl (C=O) groups excluding carboxylic acids is 4. The molecule has 0 radical (unpaired) electrons. The third-order valence-electron chi connectivity index (χ3n) is 18.6. The van der Waals surface area contributed by atoms with Crippen molar-refractivity contribution < 1.29 is 80.2 Å². The Kier molecular flexibility index (Phi) is 69.6. The number of hydrogen-bond acceptors (Lipinski definition) is 15. The fourth-order valence-electron chi connectivity index (χ4n) is 12.0. The normalized spacial score (nSPS) is 14.2. The molecule has 576 valence electrons. The van der Waals surface area contributed by atoms with Crippen molar-refractivity contribution in [1.82, 2.24) is 0 Å². The predicted molar refractivity (Wildman–Crippen MR) is 395 cm³/mol. The molecule has 0 spiro atoms. The largest absolute Gasteiger partial charge is 0.472 e. The van der Waals surface area contributed by atoms with E-state index in [4.69, 9.17) is 37.0 Å². The standard InChI is InChI=1S/C78H152O17P2/c1-6-10-13-16-19-22-25-26-34-38-42-47-52-57-62-76(81)89-68-74(95-78(83)64-59-54-49-44-39-35-32-30-28-27-29-31-33-37-40-45-50-55-60-71(5)9-4)70-93-97(86,87)91-66-72(79)65-90-96(84,85)92-69-73(67-88-75(80)61-56-51-46-41-24-21-18-15-12-8-3)94-77(82)63-58-53-48-43-36-23-20-17-14-11-7-2/h71-74,79H,6-70H2,1-5H3,(H,84,85)(H,86,87)/t71?,72-,73+,74+/m0/s1. The molecule has 0 saturated carbocycles. The lowest BCUT2D eigenvalue weighted by Gasteiger charge is -2.21. The number of rotatable bonds is 78. The zero-order valence-electron chi connectivity index (χ0n) is 63.2. The fourth-order valence-corrected chi connectivity index (χ4v) is 13.6. The quantitative estimate of drug-likeness (QED) is 0.0222. The van der Waals surface area contributed by atoms with Crippen LogP contribution in [0.3, 0.4) is 0 Å². The highest BCUT2D eigenvalue weighted by atomic mass is 31.2. The van der Waals surface area contributed by atoms with Gasteiger partial charge in [0.25, 0.3) is 0 Å². The maximum atomic E-state index is 13.1. The van der Waals surface area contributed by atoms with E-state index < -0.39 is 97.5 Å². The second kappa shape index (κ2) is 71.1. The Labute approximate surface area is 594 Å². The molecule has 97 heavy (non-hydrogen) atoms. The van der Waals surface area contributed by atoms with Gasteiger partial charge in [-0.15, -0.1) is 0 Å². The molecule has 0 rings (SSSR count). The van der Waals surface area contributed by atoms with E-state index in [-0.39, 0.29) is 25.7 Å². The van der Waals surface area contributed by atoms with Crippen LogP contribution < -0.4 is 0 Å². The summed E-state index contributed by atoms with van der Waals surface area (Å²) in [5.41, 5.74) is 0. The van der Waals surface area contributed by atoms with Crippen LogP contribution in [0.25, 0.3) is 0 Å². The molecule has 0 aliphatic rings. The Morgan fingerprint density at radius 1 is 0.289 bits per heavy atom. The maximum Gasteiger partial charge on any atom is 0.472 e. The molecule has 0 amide bonds. The number of hydrogen-bond donors (Lipinski definition) is 3. The van der Waals surface area contributed by atoms with Gasteiger partial charge in [0.15, 0.2) is 12.2 Å². The number of ether oxygens (including phenoxy) is 4. The summed E-state index contributed by atoms with van der Waals surface area (Å²) in [6, 6.07) is 0. The molecule has 0 fully saturated rings. The summed E-state index contributed by atoms with van der Waals surface area (Å²) in [4.78, 5) is 72.8. The van der Waals surface area contributed by atoms with Crippen molar-refractivity contribution in [3.63, 3.8) is 0 Å². The zero-order valence-corrected chi connectivity index (χ0v) is 65.0. The monoisotopic (exact) mass is 1420 g/mol. The summed E-state index contributed by atoms with van der Waals surface area (Å²) in [5.74, 6) is -1.24. The van der Waals surface area contributed by atoms with Crippen LogP contribution in [0.4, 0.5) is 0 Å². The van der Waals surface area contributed by atoms with Gasteiger partial charge in [-0.1, -0.05) is 362 Å². The van der Waals surface area contributed by atoms with Gasteiger partial charge in [-0.25, -0.2) is 9.13 Å². The van der Waals surface area contributed by atoms with Gasteiger partial charge in [0.1, 0.15) is 19.3 Å². The minimum atomic E-state index is -4.96. The number of aliphatic hydroxyl groups excluding tert-OH is 1. The first kappa shape index (κ1) is 95.1. The number of carbonyl (C=O) groups is 4. The molecule has 19 heteroatoms. The molecule has 0 saturated heterocycles. The van der Waals surface area contributed by atoms with Crippen LogP contribution in [0.5, 0.6) is 0 Å². The van der Waals surface area contributed by atoms with Crippen molar-refractivity contribution in [3.05, 3.63) is 0 Å². The Morgan fingerprint density at radius 3 is 0.732 bits per heavy atom. The highest BCUT2D eigenvalue weighted by molar-refractivity contribution is 7.47. The van der Waals surface area contributed by atoms with Gasteiger partial charge in [0, 0.05) is 25.7 Å². The molecule has 0 heterocycles. The lowest BCUT2D eigenvalue weighted by Crippen LogP contribution is -2.30. The molecule has 3 unspecified atom stereocenters. The summed E-state index contributed by atoms with van der Waals surface area (Å²) in [5, 5.41) is 10.6. The Bertz CT molecular complexity index is 1860. The van der Waals surface area contributed by atoms with E-state index in [1.165, 1.54) is 238 Å². The van der Waals surface area contributed by atoms with Gasteiger partial charge < -0.3 is 33.8 Å². The molecular weight excluding hydrogens is 1270 g/mol. The van der Waals surface area contributed by atoms with Gasteiger partial charge in [-0.3, -0.25) is 37.3 Å². The minimum absolute atomic E-state index is 0.107. The van der Waals surface area contributed by atoms with Crippen molar-refractivity contribution in [2.24, 2.45) is 5.92 Å². The third-order valence-corrected chi connectivity index (χ3v) is 20.5. The highest BCUT2D eigenvalue weighted by Gasteiger charge is 2.30. The number of phosphoric ester groups is 2. The molecule has 0 aliphatic heterocycles. The summed E-state index contributed by atoms with van der Waals surface area (Å²) >= 11 is 0. The van der Waals surface area contributed by atoms with E-state index in [1.807, 2.05) is 0 Å². The van der Waals surface area contributed by atoms with Crippen LogP contribution in [0, 0.1) is 5.92 Å². The molecule has 0 aromatic carbocycles. The van der Waals surface area contributed by atoms with E-state index >= 15 is 0 Å². The Morgan fingerprint density at radius 2 is 0.495 bits per heavy atom. The van der Waals surface area contributed by atoms with Crippen molar-refractivity contribution in [1.29, 1.82) is 0 Å². The van der Waals surface area contributed by atoms with Gasteiger partial charge in [0.2, 0.25) is 0 Å². The minimum Gasteiger partial charge on any atom is -0.462 e. The first-order chi connectivity index (χ1) is 47.1. The summed E-state index contributed by atoms with van der Waals surface area (Å²) < 4.78 is 68.5. The summed E-state index contributed by atoms with van der Waals surface area (Å²) in [6.07, 6.45) is 60.9.